The second-order valence-electron chi connectivity index (χ2n) is 6.79. The number of rotatable bonds is 8. The van der Waals surface area contributed by atoms with E-state index in [1.54, 1.807) is 22.5 Å². The standard InChI is InChI=1S/C21H26N4O3S/c1-6-11-27-19(26)17-14(5)22-20-23-21(29-7-2)24-25(20)18(17)15-9-8-10-16(12-15)28-13(3)4/h6,8-10,12-13,18H,1,7,11H2,2-5H3,(H,22,23,24). The zero-order valence-corrected chi connectivity index (χ0v) is 18.0. The Hall–Kier alpha value is -2.74. The highest BCUT2D eigenvalue weighted by Gasteiger charge is 2.35. The van der Waals surface area contributed by atoms with Gasteiger partial charge in [0.1, 0.15) is 18.4 Å². The van der Waals surface area contributed by atoms with Crippen molar-refractivity contribution in [2.75, 3.05) is 17.7 Å². The third-order valence-electron chi connectivity index (χ3n) is 4.20. The molecule has 0 saturated carbocycles. The fourth-order valence-corrected chi connectivity index (χ4v) is 3.69. The third kappa shape index (κ3) is 4.64. The molecule has 29 heavy (non-hydrogen) atoms. The maximum absolute atomic E-state index is 12.9. The Labute approximate surface area is 175 Å². The second kappa shape index (κ2) is 9.17. The van der Waals surface area contributed by atoms with Gasteiger partial charge >= 0.3 is 5.97 Å². The predicted octanol–water partition coefficient (Wildman–Crippen LogP) is 4.20. The van der Waals surface area contributed by atoms with Gasteiger partial charge in [-0.3, -0.25) is 0 Å². The van der Waals surface area contributed by atoms with E-state index < -0.39 is 12.0 Å². The molecule has 1 aromatic heterocycles. The molecule has 2 heterocycles. The highest BCUT2D eigenvalue weighted by Crippen LogP contribution is 2.37. The summed E-state index contributed by atoms with van der Waals surface area (Å²) in [6, 6.07) is 7.22. The van der Waals surface area contributed by atoms with E-state index >= 15 is 0 Å². The molecular weight excluding hydrogens is 388 g/mol. The Bertz CT molecular complexity index is 936. The van der Waals surface area contributed by atoms with Crippen LogP contribution in [0.3, 0.4) is 0 Å². The van der Waals surface area contributed by atoms with Gasteiger partial charge in [0.2, 0.25) is 11.1 Å². The van der Waals surface area contributed by atoms with Gasteiger partial charge in [-0.25, -0.2) is 9.48 Å². The predicted molar refractivity (Wildman–Crippen MR) is 114 cm³/mol. The van der Waals surface area contributed by atoms with Crippen molar-refractivity contribution in [3.63, 3.8) is 0 Å². The molecule has 0 amide bonds. The number of carbonyl (C=O) groups is 1. The highest BCUT2D eigenvalue weighted by molar-refractivity contribution is 7.99. The summed E-state index contributed by atoms with van der Waals surface area (Å²) in [5, 5.41) is 8.49. The molecular formula is C21H26N4O3S. The fraction of sp³-hybridized carbons (Fsp3) is 0.381. The van der Waals surface area contributed by atoms with Crippen LogP contribution in [0.5, 0.6) is 5.75 Å². The number of carbonyl (C=O) groups excluding carboxylic acids is 1. The van der Waals surface area contributed by atoms with Gasteiger partial charge in [-0.05, 0) is 44.2 Å². The average Bonchev–Trinajstić information content (AvgIpc) is 3.06. The topological polar surface area (TPSA) is 78.3 Å². The molecule has 1 aliphatic rings. The van der Waals surface area contributed by atoms with Gasteiger partial charge in [-0.2, -0.15) is 4.98 Å². The largest absolute Gasteiger partial charge is 0.491 e. The molecule has 8 heteroatoms. The van der Waals surface area contributed by atoms with Crippen LogP contribution < -0.4 is 10.1 Å². The van der Waals surface area contributed by atoms with Crippen molar-refractivity contribution in [3.8, 4) is 5.75 Å². The maximum atomic E-state index is 12.9. The van der Waals surface area contributed by atoms with Crippen molar-refractivity contribution in [2.45, 2.75) is 45.0 Å². The van der Waals surface area contributed by atoms with Crippen molar-refractivity contribution >= 4 is 23.7 Å². The summed E-state index contributed by atoms with van der Waals surface area (Å²) < 4.78 is 13.0. The second-order valence-corrected chi connectivity index (χ2v) is 8.02. The van der Waals surface area contributed by atoms with Crippen LogP contribution in [0.4, 0.5) is 5.95 Å². The first-order chi connectivity index (χ1) is 13.9. The van der Waals surface area contributed by atoms with Crippen molar-refractivity contribution < 1.29 is 14.3 Å². The van der Waals surface area contributed by atoms with E-state index in [0.717, 1.165) is 17.1 Å². The zero-order chi connectivity index (χ0) is 21.0. The molecule has 3 rings (SSSR count). The molecule has 0 saturated heterocycles. The van der Waals surface area contributed by atoms with Crippen LogP contribution in [0.1, 0.15) is 39.3 Å². The number of nitrogens with zero attached hydrogens (tertiary/aromatic N) is 3. The van der Waals surface area contributed by atoms with Crippen LogP contribution in [0.25, 0.3) is 0 Å². The number of hydrogen-bond donors (Lipinski definition) is 1. The normalized spacial score (nSPS) is 15.7. The molecule has 1 atom stereocenters. The number of anilines is 1. The van der Waals surface area contributed by atoms with Crippen LogP contribution in [0.2, 0.25) is 0 Å². The van der Waals surface area contributed by atoms with Gasteiger partial charge in [0.15, 0.2) is 0 Å². The van der Waals surface area contributed by atoms with E-state index in [1.165, 1.54) is 0 Å². The van der Waals surface area contributed by atoms with Crippen molar-refractivity contribution in [1.82, 2.24) is 14.8 Å². The third-order valence-corrected chi connectivity index (χ3v) is 4.92. The van der Waals surface area contributed by atoms with E-state index in [1.807, 2.05) is 52.0 Å². The summed E-state index contributed by atoms with van der Waals surface area (Å²) in [5.41, 5.74) is 2.04. The Morgan fingerprint density at radius 3 is 2.93 bits per heavy atom. The molecule has 0 bridgehead atoms. The summed E-state index contributed by atoms with van der Waals surface area (Å²) in [7, 11) is 0. The first-order valence-electron chi connectivity index (χ1n) is 9.56. The number of benzene rings is 1. The van der Waals surface area contributed by atoms with Crippen LogP contribution in [-0.2, 0) is 9.53 Å². The molecule has 0 spiro atoms. The van der Waals surface area contributed by atoms with E-state index in [0.29, 0.717) is 22.4 Å². The summed E-state index contributed by atoms with van der Waals surface area (Å²) in [6.07, 6.45) is 1.59. The van der Waals surface area contributed by atoms with Gasteiger partial charge in [0.05, 0.1) is 11.7 Å². The number of hydrogen-bond acceptors (Lipinski definition) is 7. The number of allylic oxidation sites excluding steroid dienone is 1. The fourth-order valence-electron chi connectivity index (χ4n) is 3.14. The molecule has 0 aliphatic carbocycles. The monoisotopic (exact) mass is 414 g/mol. The molecule has 0 fully saturated rings. The molecule has 1 aliphatic heterocycles. The summed E-state index contributed by atoms with van der Waals surface area (Å²) in [4.78, 5) is 17.5. The van der Waals surface area contributed by atoms with Gasteiger partial charge in [-0.15, -0.1) is 5.10 Å². The Morgan fingerprint density at radius 1 is 1.45 bits per heavy atom. The van der Waals surface area contributed by atoms with Crippen molar-refractivity contribution in [2.24, 2.45) is 0 Å². The van der Waals surface area contributed by atoms with Crippen molar-refractivity contribution in [3.05, 3.63) is 53.8 Å². The van der Waals surface area contributed by atoms with Gasteiger partial charge in [0, 0.05) is 5.70 Å². The number of nitrogens with one attached hydrogen (secondary N) is 1. The van der Waals surface area contributed by atoms with Crippen LogP contribution in [0.15, 0.2) is 53.3 Å². The molecule has 1 unspecified atom stereocenters. The Balaban J connectivity index is 2.09. The minimum Gasteiger partial charge on any atom is -0.491 e. The number of ether oxygens (including phenoxy) is 2. The highest BCUT2D eigenvalue weighted by atomic mass is 32.2. The first kappa shape index (κ1) is 21.0. The van der Waals surface area contributed by atoms with Gasteiger partial charge in [0.25, 0.3) is 0 Å². The van der Waals surface area contributed by atoms with Gasteiger partial charge in [-0.1, -0.05) is 43.5 Å². The van der Waals surface area contributed by atoms with E-state index in [9.17, 15) is 4.79 Å². The molecule has 0 radical (unpaired) electrons. The number of aromatic nitrogens is 3. The number of fused-ring (bicyclic) bond motifs is 1. The SMILES string of the molecule is C=CCOC(=O)C1=C(C)Nc2nc(SCC)nn2C1c1cccc(OC(C)C)c1. The summed E-state index contributed by atoms with van der Waals surface area (Å²) in [6.45, 7) is 11.6. The molecule has 7 nitrogen and oxygen atoms in total. The van der Waals surface area contributed by atoms with E-state index in [2.05, 4.69) is 22.0 Å². The summed E-state index contributed by atoms with van der Waals surface area (Å²) in [5.74, 6) is 1.77. The first-order valence-corrected chi connectivity index (χ1v) is 10.5. The molecule has 1 aromatic carbocycles. The lowest BCUT2D eigenvalue weighted by Gasteiger charge is -2.28. The zero-order valence-electron chi connectivity index (χ0n) is 17.1. The van der Waals surface area contributed by atoms with E-state index in [4.69, 9.17) is 9.47 Å². The minimum absolute atomic E-state index is 0.0436. The van der Waals surface area contributed by atoms with Crippen molar-refractivity contribution in [1.29, 1.82) is 0 Å². The Morgan fingerprint density at radius 2 is 2.24 bits per heavy atom. The molecule has 2 aromatic rings. The van der Waals surface area contributed by atoms with Crippen LogP contribution in [0, 0.1) is 0 Å². The Kier molecular flexibility index (Phi) is 6.64. The van der Waals surface area contributed by atoms with E-state index in [-0.39, 0.29) is 12.7 Å². The number of esters is 1. The lowest BCUT2D eigenvalue weighted by atomic mass is 9.95. The van der Waals surface area contributed by atoms with Crippen LogP contribution >= 0.6 is 11.8 Å². The average molecular weight is 415 g/mol. The molecule has 1 N–H and O–H groups in total. The summed E-state index contributed by atoms with van der Waals surface area (Å²) >= 11 is 1.55. The molecule has 154 valence electrons. The quantitative estimate of drug-likeness (QED) is 0.394. The van der Waals surface area contributed by atoms with Crippen LogP contribution in [-0.4, -0.2) is 39.2 Å². The van der Waals surface area contributed by atoms with Gasteiger partial charge < -0.3 is 14.8 Å². The smallest absolute Gasteiger partial charge is 0.338 e. The maximum Gasteiger partial charge on any atom is 0.338 e. The lowest BCUT2D eigenvalue weighted by Crippen LogP contribution is -2.29. The minimum atomic E-state index is -0.474. The lowest BCUT2D eigenvalue weighted by molar-refractivity contribution is -0.138. The number of thioether (sulfide) groups is 1.